The average Bonchev–Trinajstić information content (AvgIpc) is 3.20. The van der Waals surface area contributed by atoms with Crippen LogP contribution in [0.2, 0.25) is 10.0 Å². The maximum atomic E-state index is 12.8. The summed E-state index contributed by atoms with van der Waals surface area (Å²) in [4.78, 5) is 33.2. The lowest BCUT2D eigenvalue weighted by Crippen LogP contribution is -2.43. The van der Waals surface area contributed by atoms with Crippen molar-refractivity contribution in [2.24, 2.45) is 5.92 Å². The summed E-state index contributed by atoms with van der Waals surface area (Å²) in [5.74, 6) is -0.469. The van der Waals surface area contributed by atoms with Gasteiger partial charge in [-0.1, -0.05) is 35.3 Å². The summed E-state index contributed by atoms with van der Waals surface area (Å²) in [6, 6.07) is 13.1. The van der Waals surface area contributed by atoms with Crippen LogP contribution in [-0.4, -0.2) is 48.4 Å². The van der Waals surface area contributed by atoms with Crippen LogP contribution in [0.3, 0.4) is 0 Å². The van der Waals surface area contributed by atoms with Crippen molar-refractivity contribution in [3.8, 4) is 0 Å². The second-order valence-electron chi connectivity index (χ2n) is 7.60. The highest BCUT2D eigenvalue weighted by Crippen LogP contribution is 2.27. The molecule has 31 heavy (non-hydrogen) atoms. The first-order valence-electron chi connectivity index (χ1n) is 10.0. The van der Waals surface area contributed by atoms with Gasteiger partial charge in [-0.25, -0.2) is 0 Å². The zero-order valence-electron chi connectivity index (χ0n) is 17.0. The van der Waals surface area contributed by atoms with Crippen LogP contribution in [0.1, 0.15) is 12.8 Å². The molecule has 3 aromatic rings. The Morgan fingerprint density at radius 1 is 1.16 bits per heavy atom. The normalized spacial score (nSPS) is 14.6. The number of benzene rings is 2. The number of nitrogens with one attached hydrogen (secondary N) is 1. The summed E-state index contributed by atoms with van der Waals surface area (Å²) in [6.07, 6.45) is 1.35. The van der Waals surface area contributed by atoms with E-state index in [1.807, 2.05) is 24.3 Å². The summed E-state index contributed by atoms with van der Waals surface area (Å²) in [5.41, 5.74) is 2.11. The Kier molecular flexibility index (Phi) is 6.34. The van der Waals surface area contributed by atoms with E-state index >= 15 is 0 Å². The molecule has 2 aromatic carbocycles. The second-order valence-corrected chi connectivity index (χ2v) is 8.41. The van der Waals surface area contributed by atoms with Crippen molar-refractivity contribution in [2.45, 2.75) is 12.8 Å². The average molecular weight is 461 g/mol. The molecule has 1 N–H and O–H groups in total. The zero-order chi connectivity index (χ0) is 22.0. The van der Waals surface area contributed by atoms with E-state index < -0.39 is 0 Å². The van der Waals surface area contributed by atoms with E-state index in [0.29, 0.717) is 47.7 Å². The van der Waals surface area contributed by atoms with Crippen molar-refractivity contribution in [1.29, 1.82) is 0 Å². The van der Waals surface area contributed by atoms with Gasteiger partial charge in [0.25, 0.3) is 6.01 Å². The first-order chi connectivity index (χ1) is 14.9. The Hall–Kier alpha value is -2.77. The molecule has 0 unspecified atom stereocenters. The first-order valence-corrected chi connectivity index (χ1v) is 10.8. The van der Waals surface area contributed by atoms with Gasteiger partial charge >= 0.3 is 0 Å². The monoisotopic (exact) mass is 460 g/mol. The fourth-order valence-corrected chi connectivity index (χ4v) is 3.99. The molecule has 7 nitrogen and oxygen atoms in total. The van der Waals surface area contributed by atoms with Crippen molar-refractivity contribution >= 4 is 57.8 Å². The fraction of sp³-hybridized carbons (Fsp3) is 0.318. The lowest BCUT2D eigenvalue weighted by Gasteiger charge is -2.32. The minimum absolute atomic E-state index is 0.0373. The van der Waals surface area contributed by atoms with Crippen molar-refractivity contribution in [2.75, 3.05) is 36.9 Å². The fourth-order valence-electron chi connectivity index (χ4n) is 3.69. The summed E-state index contributed by atoms with van der Waals surface area (Å²) in [5, 5.41) is 3.50. The number of anilines is 2. The van der Waals surface area contributed by atoms with Crippen LogP contribution < -0.4 is 10.2 Å². The number of piperidine rings is 1. The predicted molar refractivity (Wildman–Crippen MR) is 122 cm³/mol. The van der Waals surface area contributed by atoms with Crippen LogP contribution in [0.4, 0.5) is 11.7 Å². The molecule has 0 bridgehead atoms. The number of aromatic nitrogens is 1. The van der Waals surface area contributed by atoms with E-state index in [1.54, 1.807) is 25.2 Å². The van der Waals surface area contributed by atoms with Gasteiger partial charge < -0.3 is 19.5 Å². The predicted octanol–water partition coefficient (Wildman–Crippen LogP) is 4.45. The Morgan fingerprint density at radius 2 is 1.90 bits per heavy atom. The Morgan fingerprint density at radius 3 is 2.61 bits per heavy atom. The Bertz CT molecular complexity index is 1080. The van der Waals surface area contributed by atoms with E-state index in [4.69, 9.17) is 27.6 Å². The standard InChI is InChI=1S/C22H22Cl2N4O3/c1-27(13-20(29)25-15-6-7-16(23)17(24)12-15)21(30)14-8-10-28(11-9-14)22-26-18-4-2-3-5-19(18)31-22/h2-7,12,14H,8-11,13H2,1H3,(H,25,29). The molecule has 1 aliphatic rings. The molecule has 0 saturated carbocycles. The number of amides is 2. The lowest BCUT2D eigenvalue weighted by molar-refractivity contribution is -0.137. The van der Waals surface area contributed by atoms with Gasteiger partial charge in [0.1, 0.15) is 5.52 Å². The minimum Gasteiger partial charge on any atom is -0.423 e. The topological polar surface area (TPSA) is 78.7 Å². The van der Waals surface area contributed by atoms with E-state index in [0.717, 1.165) is 11.1 Å². The summed E-state index contributed by atoms with van der Waals surface area (Å²) >= 11 is 11.9. The maximum absolute atomic E-state index is 12.8. The number of likely N-dealkylation sites (N-methyl/N-ethyl adjacent to an activating group) is 1. The third-order valence-corrected chi connectivity index (χ3v) is 6.10. The number of para-hydroxylation sites is 2. The third kappa shape index (κ3) is 4.94. The number of carbonyl (C=O) groups excluding carboxylic acids is 2. The van der Waals surface area contributed by atoms with E-state index in [-0.39, 0.29) is 24.3 Å². The molecule has 0 spiro atoms. The molecule has 2 amide bonds. The van der Waals surface area contributed by atoms with E-state index in [1.165, 1.54) is 4.90 Å². The number of halogens is 2. The Balaban J connectivity index is 1.29. The molecular formula is C22H22Cl2N4O3. The van der Waals surface area contributed by atoms with Gasteiger partial charge in [0.2, 0.25) is 11.8 Å². The molecule has 1 fully saturated rings. The van der Waals surface area contributed by atoms with Gasteiger partial charge in [0, 0.05) is 31.7 Å². The van der Waals surface area contributed by atoms with E-state index in [9.17, 15) is 9.59 Å². The summed E-state index contributed by atoms with van der Waals surface area (Å²) in [6.45, 7) is 1.31. The number of carbonyl (C=O) groups is 2. The largest absolute Gasteiger partial charge is 0.423 e. The zero-order valence-corrected chi connectivity index (χ0v) is 18.5. The number of rotatable bonds is 5. The van der Waals surface area contributed by atoms with Crippen LogP contribution >= 0.6 is 23.2 Å². The van der Waals surface area contributed by atoms with Crippen molar-refractivity contribution in [3.05, 3.63) is 52.5 Å². The van der Waals surface area contributed by atoms with Crippen LogP contribution in [0.25, 0.3) is 11.1 Å². The number of hydrogen-bond acceptors (Lipinski definition) is 5. The van der Waals surface area contributed by atoms with Crippen LogP contribution in [-0.2, 0) is 9.59 Å². The molecule has 9 heteroatoms. The molecule has 1 aromatic heterocycles. The number of oxazole rings is 1. The second kappa shape index (κ2) is 9.16. The van der Waals surface area contributed by atoms with Gasteiger partial charge in [-0.05, 0) is 43.2 Å². The van der Waals surface area contributed by atoms with Crippen LogP contribution in [0, 0.1) is 5.92 Å². The molecule has 2 heterocycles. The SMILES string of the molecule is CN(CC(=O)Nc1ccc(Cl)c(Cl)c1)C(=O)C1CCN(c2nc3ccccc3o2)CC1. The van der Waals surface area contributed by atoms with Crippen LogP contribution in [0.15, 0.2) is 46.9 Å². The molecule has 4 rings (SSSR count). The van der Waals surface area contributed by atoms with Gasteiger partial charge in [-0.2, -0.15) is 4.98 Å². The smallest absolute Gasteiger partial charge is 0.298 e. The number of fused-ring (bicyclic) bond motifs is 1. The van der Waals surface area contributed by atoms with Gasteiger partial charge in [0.05, 0.1) is 16.6 Å². The van der Waals surface area contributed by atoms with Crippen molar-refractivity contribution in [1.82, 2.24) is 9.88 Å². The van der Waals surface area contributed by atoms with Crippen LogP contribution in [0.5, 0.6) is 0 Å². The molecule has 0 aliphatic carbocycles. The van der Waals surface area contributed by atoms with Gasteiger partial charge in [-0.3, -0.25) is 9.59 Å². The number of nitrogens with zero attached hydrogens (tertiary/aromatic N) is 3. The third-order valence-electron chi connectivity index (χ3n) is 5.36. The Labute approximate surface area is 189 Å². The lowest BCUT2D eigenvalue weighted by atomic mass is 9.95. The highest BCUT2D eigenvalue weighted by Gasteiger charge is 2.29. The maximum Gasteiger partial charge on any atom is 0.298 e. The van der Waals surface area contributed by atoms with Crippen molar-refractivity contribution in [3.63, 3.8) is 0 Å². The highest BCUT2D eigenvalue weighted by atomic mass is 35.5. The summed E-state index contributed by atoms with van der Waals surface area (Å²) < 4.78 is 5.82. The van der Waals surface area contributed by atoms with E-state index in [2.05, 4.69) is 15.2 Å². The molecule has 0 radical (unpaired) electrons. The summed E-state index contributed by atoms with van der Waals surface area (Å²) in [7, 11) is 1.64. The molecule has 1 aliphatic heterocycles. The molecule has 162 valence electrons. The number of hydrogen-bond donors (Lipinski definition) is 1. The highest BCUT2D eigenvalue weighted by molar-refractivity contribution is 6.42. The molecule has 1 saturated heterocycles. The molecule has 0 atom stereocenters. The molecular weight excluding hydrogens is 439 g/mol. The van der Waals surface area contributed by atoms with Gasteiger partial charge in [-0.15, -0.1) is 0 Å². The minimum atomic E-state index is -0.293. The van der Waals surface area contributed by atoms with Crippen molar-refractivity contribution < 1.29 is 14.0 Å². The van der Waals surface area contributed by atoms with Gasteiger partial charge in [0.15, 0.2) is 5.58 Å². The quantitative estimate of drug-likeness (QED) is 0.608. The first kappa shape index (κ1) is 21.5.